The van der Waals surface area contributed by atoms with Gasteiger partial charge in [0, 0.05) is 36.7 Å². The number of nitrogens with one attached hydrogen (secondary N) is 1. The van der Waals surface area contributed by atoms with Crippen LogP contribution in [0.4, 0.5) is 0 Å². The van der Waals surface area contributed by atoms with Gasteiger partial charge in [-0.3, -0.25) is 14.9 Å². The fraction of sp³-hybridized carbons (Fsp3) is 0.588. The summed E-state index contributed by atoms with van der Waals surface area (Å²) in [7, 11) is 1.70. The molecule has 1 fully saturated rings. The number of ether oxygens (including phenoxy) is 2. The van der Waals surface area contributed by atoms with Crippen molar-refractivity contribution in [3.63, 3.8) is 0 Å². The Morgan fingerprint density at radius 1 is 1.46 bits per heavy atom. The fourth-order valence-electron chi connectivity index (χ4n) is 3.35. The van der Waals surface area contributed by atoms with Gasteiger partial charge in [-0.2, -0.15) is 0 Å². The Morgan fingerprint density at radius 2 is 2.21 bits per heavy atom. The lowest BCUT2D eigenvalue weighted by molar-refractivity contribution is -0.127. The van der Waals surface area contributed by atoms with Crippen molar-refractivity contribution in [2.24, 2.45) is 5.92 Å². The van der Waals surface area contributed by atoms with E-state index in [1.54, 1.807) is 30.8 Å². The van der Waals surface area contributed by atoms with Crippen LogP contribution in [-0.4, -0.2) is 53.2 Å². The van der Waals surface area contributed by atoms with Crippen molar-refractivity contribution in [3.8, 4) is 5.75 Å². The predicted molar refractivity (Wildman–Crippen MR) is 85.7 cm³/mol. The monoisotopic (exact) mass is 336 g/mol. The molecular weight excluding hydrogens is 312 g/mol. The predicted octanol–water partition coefficient (Wildman–Crippen LogP) is 1.13. The first-order chi connectivity index (χ1) is 11.5. The summed E-state index contributed by atoms with van der Waals surface area (Å²) in [6.45, 7) is 2.99. The molecule has 0 bridgehead atoms. The molecule has 7 nitrogen and oxygen atoms in total. The topological polar surface area (TPSA) is 91.3 Å². The van der Waals surface area contributed by atoms with E-state index in [1.165, 1.54) is 0 Å². The standard InChI is InChI=1S/C17H24N2O5/c1-10-9-24-15-7-11(16(20)18-22)3-4-12(15)8-19(10)17(21)13-5-14(6-13)23-2/h3-4,7,10,13-14,17,21-22H,5-6,8-9H2,1-2H3,(H,18,20)/t10-,13?,14?,17?/m0/s1. The second-order valence-electron chi connectivity index (χ2n) is 6.60. The van der Waals surface area contributed by atoms with E-state index in [0.29, 0.717) is 24.5 Å². The van der Waals surface area contributed by atoms with Crippen molar-refractivity contribution >= 4 is 5.91 Å². The van der Waals surface area contributed by atoms with Crippen molar-refractivity contribution in [1.82, 2.24) is 10.4 Å². The van der Waals surface area contributed by atoms with Crippen molar-refractivity contribution in [1.29, 1.82) is 0 Å². The summed E-state index contributed by atoms with van der Waals surface area (Å²) >= 11 is 0. The number of hydroxylamine groups is 1. The summed E-state index contributed by atoms with van der Waals surface area (Å²) in [5, 5.41) is 19.5. The van der Waals surface area contributed by atoms with Crippen LogP contribution in [0.3, 0.4) is 0 Å². The van der Waals surface area contributed by atoms with E-state index in [-0.39, 0.29) is 18.1 Å². The Balaban J connectivity index is 1.75. The smallest absolute Gasteiger partial charge is 0.274 e. The van der Waals surface area contributed by atoms with E-state index in [9.17, 15) is 9.90 Å². The molecule has 2 aliphatic rings. The Morgan fingerprint density at radius 3 is 2.88 bits per heavy atom. The Labute approximate surface area is 141 Å². The van der Waals surface area contributed by atoms with Gasteiger partial charge in [0.2, 0.25) is 0 Å². The molecule has 24 heavy (non-hydrogen) atoms. The zero-order chi connectivity index (χ0) is 17.3. The molecule has 3 rings (SSSR count). The molecule has 7 heteroatoms. The maximum Gasteiger partial charge on any atom is 0.274 e. The van der Waals surface area contributed by atoms with Crippen LogP contribution in [0, 0.1) is 5.92 Å². The van der Waals surface area contributed by atoms with Gasteiger partial charge in [0.1, 0.15) is 18.6 Å². The third kappa shape index (κ3) is 3.25. The molecule has 1 heterocycles. The van der Waals surface area contributed by atoms with Gasteiger partial charge >= 0.3 is 0 Å². The highest BCUT2D eigenvalue weighted by Gasteiger charge is 2.39. The highest BCUT2D eigenvalue weighted by Crippen LogP contribution is 2.36. The van der Waals surface area contributed by atoms with E-state index < -0.39 is 12.1 Å². The van der Waals surface area contributed by atoms with Crippen LogP contribution in [0.5, 0.6) is 5.75 Å². The van der Waals surface area contributed by atoms with Crippen LogP contribution in [0.15, 0.2) is 18.2 Å². The van der Waals surface area contributed by atoms with Crippen molar-refractivity contribution in [2.75, 3.05) is 13.7 Å². The highest BCUT2D eigenvalue weighted by atomic mass is 16.5. The third-order valence-electron chi connectivity index (χ3n) is 5.06. The molecule has 1 aromatic rings. The minimum absolute atomic E-state index is 0.0455. The Bertz CT molecular complexity index is 603. The molecule has 1 aliphatic carbocycles. The average Bonchev–Trinajstić information content (AvgIpc) is 2.72. The van der Waals surface area contributed by atoms with Gasteiger partial charge in [-0.05, 0) is 31.9 Å². The van der Waals surface area contributed by atoms with Crippen LogP contribution >= 0.6 is 0 Å². The van der Waals surface area contributed by atoms with Crippen LogP contribution in [0.25, 0.3) is 0 Å². The summed E-state index contributed by atoms with van der Waals surface area (Å²) in [6.07, 6.45) is 1.44. The van der Waals surface area contributed by atoms with Gasteiger partial charge in [-0.1, -0.05) is 6.07 Å². The second kappa shape index (κ2) is 7.06. The van der Waals surface area contributed by atoms with Crippen molar-refractivity contribution in [3.05, 3.63) is 29.3 Å². The summed E-state index contributed by atoms with van der Waals surface area (Å²) in [6, 6.07) is 5.10. The highest BCUT2D eigenvalue weighted by molar-refractivity contribution is 5.93. The number of aliphatic hydroxyl groups excluding tert-OH is 1. The molecule has 3 N–H and O–H groups in total. The van der Waals surface area contributed by atoms with E-state index in [4.69, 9.17) is 14.7 Å². The van der Waals surface area contributed by atoms with Gasteiger partial charge in [0.15, 0.2) is 0 Å². The number of hydrogen-bond acceptors (Lipinski definition) is 6. The van der Waals surface area contributed by atoms with Crippen molar-refractivity contribution < 1.29 is 24.6 Å². The molecule has 0 aromatic heterocycles. The number of hydrogen-bond donors (Lipinski definition) is 3. The second-order valence-corrected chi connectivity index (χ2v) is 6.60. The summed E-state index contributed by atoms with van der Waals surface area (Å²) in [4.78, 5) is 13.6. The lowest BCUT2D eigenvalue weighted by Crippen LogP contribution is -2.51. The molecule has 1 aromatic carbocycles. The molecule has 1 unspecified atom stereocenters. The van der Waals surface area contributed by atoms with E-state index in [1.807, 2.05) is 11.8 Å². The minimum Gasteiger partial charge on any atom is -0.492 e. The molecule has 1 amide bonds. The fourth-order valence-corrected chi connectivity index (χ4v) is 3.35. The third-order valence-corrected chi connectivity index (χ3v) is 5.06. The number of carbonyl (C=O) groups excluding carboxylic acids is 1. The summed E-state index contributed by atoms with van der Waals surface area (Å²) in [5.41, 5.74) is 2.87. The molecule has 0 radical (unpaired) electrons. The maximum atomic E-state index is 11.5. The number of carbonyl (C=O) groups is 1. The Hall–Kier alpha value is -1.67. The Kier molecular flexibility index (Phi) is 5.05. The van der Waals surface area contributed by atoms with Gasteiger partial charge in [-0.15, -0.1) is 0 Å². The lowest BCUT2D eigenvalue weighted by atomic mass is 9.80. The van der Waals surface area contributed by atoms with Gasteiger partial charge in [0.05, 0.1) is 6.10 Å². The molecule has 0 saturated heterocycles. The van der Waals surface area contributed by atoms with E-state index in [2.05, 4.69) is 0 Å². The van der Waals surface area contributed by atoms with Gasteiger partial charge < -0.3 is 14.6 Å². The quantitative estimate of drug-likeness (QED) is 0.564. The molecule has 0 spiro atoms. The number of aliphatic hydroxyl groups is 1. The van der Waals surface area contributed by atoms with Crippen molar-refractivity contribution in [2.45, 2.75) is 44.7 Å². The van der Waals surface area contributed by atoms with Crippen LogP contribution in [-0.2, 0) is 11.3 Å². The van der Waals surface area contributed by atoms with Crippen LogP contribution in [0.1, 0.15) is 35.7 Å². The first-order valence-corrected chi connectivity index (χ1v) is 8.20. The number of rotatable bonds is 4. The summed E-state index contributed by atoms with van der Waals surface area (Å²) < 4.78 is 11.1. The largest absolute Gasteiger partial charge is 0.492 e. The first-order valence-electron chi connectivity index (χ1n) is 8.20. The molecule has 1 aliphatic heterocycles. The lowest BCUT2D eigenvalue weighted by Gasteiger charge is -2.43. The summed E-state index contributed by atoms with van der Waals surface area (Å²) in [5.74, 6) is 0.245. The number of amides is 1. The number of nitrogens with zero attached hydrogens (tertiary/aromatic N) is 1. The van der Waals surface area contributed by atoms with Crippen LogP contribution < -0.4 is 10.2 Å². The average molecular weight is 336 g/mol. The normalized spacial score (nSPS) is 28.1. The van der Waals surface area contributed by atoms with E-state index >= 15 is 0 Å². The number of benzene rings is 1. The maximum absolute atomic E-state index is 11.5. The van der Waals surface area contributed by atoms with Crippen LogP contribution in [0.2, 0.25) is 0 Å². The van der Waals surface area contributed by atoms with Gasteiger partial charge in [-0.25, -0.2) is 5.48 Å². The first kappa shape index (κ1) is 17.2. The number of fused-ring (bicyclic) bond motifs is 1. The van der Waals surface area contributed by atoms with Gasteiger partial charge in [0.25, 0.3) is 5.91 Å². The minimum atomic E-state index is -0.573. The zero-order valence-electron chi connectivity index (χ0n) is 13.9. The molecule has 1 saturated carbocycles. The molecule has 2 atom stereocenters. The molecule has 132 valence electrons. The molecular formula is C17H24N2O5. The zero-order valence-corrected chi connectivity index (χ0v) is 13.9. The number of methoxy groups -OCH3 is 1. The SMILES string of the molecule is COC1CC(C(O)N2Cc3ccc(C(=O)NO)cc3OC[C@@H]2C)C1. The van der Waals surface area contributed by atoms with E-state index in [0.717, 1.165) is 18.4 Å².